The van der Waals surface area contributed by atoms with Crippen LogP contribution in [0.25, 0.3) is 0 Å². The molecule has 1 aliphatic heterocycles. The second-order valence-corrected chi connectivity index (χ2v) is 4.41. The minimum atomic E-state index is -0.425. The lowest BCUT2D eigenvalue weighted by Gasteiger charge is -2.05. The maximum atomic E-state index is 12.3. The van der Waals surface area contributed by atoms with Gasteiger partial charge in [-0.25, -0.2) is 0 Å². The zero-order chi connectivity index (χ0) is 13.9. The van der Waals surface area contributed by atoms with Gasteiger partial charge in [-0.05, 0) is 23.8 Å². The van der Waals surface area contributed by atoms with Crippen molar-refractivity contribution in [1.29, 1.82) is 0 Å². The van der Waals surface area contributed by atoms with Gasteiger partial charge in [-0.15, -0.1) is 0 Å². The molecule has 100 valence electrons. The predicted octanol–water partition coefficient (Wildman–Crippen LogP) is 2.08. The second kappa shape index (κ2) is 5.13. The highest BCUT2D eigenvalue weighted by molar-refractivity contribution is 6.50. The molecule has 2 heterocycles. The van der Waals surface area contributed by atoms with Crippen LogP contribution in [0.3, 0.4) is 0 Å². The molecule has 1 aliphatic rings. The Labute approximate surface area is 115 Å². The third-order valence-electron chi connectivity index (χ3n) is 3.18. The number of oxime groups is 1. The van der Waals surface area contributed by atoms with E-state index in [9.17, 15) is 4.79 Å². The molecule has 3 rings (SSSR count). The summed E-state index contributed by atoms with van der Waals surface area (Å²) in [5.74, 6) is 0.309. The van der Waals surface area contributed by atoms with Crippen LogP contribution in [0.4, 0.5) is 0 Å². The summed E-state index contributed by atoms with van der Waals surface area (Å²) in [5, 5.41) is 12.3. The van der Waals surface area contributed by atoms with E-state index >= 15 is 0 Å². The van der Waals surface area contributed by atoms with Crippen LogP contribution < -0.4 is 4.74 Å². The number of fused-ring (bicyclic) bond motifs is 1. The summed E-state index contributed by atoms with van der Waals surface area (Å²) in [5.41, 5.74) is 1.81. The fraction of sp³-hybridized carbons (Fsp3) is 0.133. The van der Waals surface area contributed by atoms with Crippen LogP contribution in [-0.2, 0) is 6.42 Å². The molecule has 0 spiro atoms. The van der Waals surface area contributed by atoms with Crippen molar-refractivity contribution in [1.82, 2.24) is 4.98 Å². The fourth-order valence-electron chi connectivity index (χ4n) is 2.17. The molecule has 0 unspecified atom stereocenters. The van der Waals surface area contributed by atoms with Gasteiger partial charge in [0.05, 0.1) is 6.61 Å². The Morgan fingerprint density at radius 1 is 1.30 bits per heavy atom. The highest BCUT2D eigenvalue weighted by atomic mass is 16.5. The van der Waals surface area contributed by atoms with Crippen molar-refractivity contribution in [3.8, 4) is 5.75 Å². The Bertz CT molecular complexity index is 681. The summed E-state index contributed by atoms with van der Waals surface area (Å²) >= 11 is 0. The minimum Gasteiger partial charge on any atom is -0.493 e. The summed E-state index contributed by atoms with van der Waals surface area (Å²) < 4.78 is 5.46. The number of nitrogens with zero attached hydrogens (tertiary/aromatic N) is 2. The maximum Gasteiger partial charge on any atom is 0.233 e. The molecule has 0 radical (unpaired) electrons. The number of pyridine rings is 1. The van der Waals surface area contributed by atoms with Crippen molar-refractivity contribution in [2.24, 2.45) is 5.16 Å². The van der Waals surface area contributed by atoms with Crippen molar-refractivity contribution in [2.75, 3.05) is 6.61 Å². The van der Waals surface area contributed by atoms with Crippen LogP contribution in [0, 0.1) is 0 Å². The van der Waals surface area contributed by atoms with Gasteiger partial charge in [-0.1, -0.05) is 23.4 Å². The Hall–Kier alpha value is -2.69. The highest BCUT2D eigenvalue weighted by Gasteiger charge is 2.21. The van der Waals surface area contributed by atoms with E-state index in [1.165, 1.54) is 6.20 Å². The lowest BCUT2D eigenvalue weighted by Crippen LogP contribution is -2.17. The molecule has 2 aromatic rings. The topological polar surface area (TPSA) is 71.8 Å². The number of hydrogen-bond acceptors (Lipinski definition) is 5. The number of carbonyl (C=O) groups is 1. The molecule has 1 aromatic heterocycles. The number of carbonyl (C=O) groups excluding carboxylic acids is 1. The van der Waals surface area contributed by atoms with Crippen LogP contribution >= 0.6 is 0 Å². The molecule has 5 heteroatoms. The van der Waals surface area contributed by atoms with Gasteiger partial charge in [0, 0.05) is 18.2 Å². The van der Waals surface area contributed by atoms with Gasteiger partial charge in [0.1, 0.15) is 11.4 Å². The van der Waals surface area contributed by atoms with E-state index in [-0.39, 0.29) is 11.4 Å². The average Bonchev–Trinajstić information content (AvgIpc) is 2.96. The van der Waals surface area contributed by atoms with Crippen molar-refractivity contribution in [3.63, 3.8) is 0 Å². The van der Waals surface area contributed by atoms with E-state index in [0.29, 0.717) is 12.2 Å². The molecule has 0 saturated carbocycles. The van der Waals surface area contributed by atoms with E-state index in [1.54, 1.807) is 30.3 Å². The first-order valence-corrected chi connectivity index (χ1v) is 6.23. The number of Topliss-reactive ketones (excluding diaryl/α,β-unsaturated/α-hetero) is 1. The minimum absolute atomic E-state index is 0.0398. The molecule has 0 amide bonds. The first-order chi connectivity index (χ1) is 9.79. The Morgan fingerprint density at radius 2 is 2.20 bits per heavy atom. The quantitative estimate of drug-likeness (QED) is 0.400. The molecule has 1 aromatic carbocycles. The molecule has 0 bridgehead atoms. The van der Waals surface area contributed by atoms with Gasteiger partial charge in [0.2, 0.25) is 5.78 Å². The summed E-state index contributed by atoms with van der Waals surface area (Å²) in [6.07, 6.45) is 2.38. The van der Waals surface area contributed by atoms with E-state index in [2.05, 4.69) is 10.1 Å². The molecule has 0 fully saturated rings. The number of ketones is 1. The van der Waals surface area contributed by atoms with Gasteiger partial charge in [-0.2, -0.15) is 0 Å². The molecular weight excluding hydrogens is 256 g/mol. The standard InChI is InChI=1S/C15H12N2O3/c18-15(12-3-1-2-7-16-12)14(17-19)11-5-4-10-6-8-20-13(10)9-11/h1-5,7,9,19H,6,8H2/b17-14-. The number of hydrogen-bond donors (Lipinski definition) is 1. The first-order valence-electron chi connectivity index (χ1n) is 6.23. The Kier molecular flexibility index (Phi) is 3.16. The number of rotatable bonds is 3. The molecule has 0 saturated heterocycles. The summed E-state index contributed by atoms with van der Waals surface area (Å²) in [6.45, 7) is 0.637. The van der Waals surface area contributed by atoms with Gasteiger partial charge in [0.25, 0.3) is 0 Å². The monoisotopic (exact) mass is 268 g/mol. The van der Waals surface area contributed by atoms with E-state index in [4.69, 9.17) is 9.94 Å². The van der Waals surface area contributed by atoms with Gasteiger partial charge in [0.15, 0.2) is 5.71 Å². The maximum absolute atomic E-state index is 12.3. The third kappa shape index (κ3) is 2.14. The molecule has 20 heavy (non-hydrogen) atoms. The Morgan fingerprint density at radius 3 is 2.95 bits per heavy atom. The first kappa shape index (κ1) is 12.3. The summed E-state index contributed by atoms with van der Waals surface area (Å²) in [4.78, 5) is 16.3. The average molecular weight is 268 g/mol. The van der Waals surface area contributed by atoms with E-state index < -0.39 is 5.78 Å². The van der Waals surface area contributed by atoms with Crippen LogP contribution in [0.2, 0.25) is 0 Å². The van der Waals surface area contributed by atoms with Crippen molar-refractivity contribution in [3.05, 3.63) is 59.4 Å². The molecule has 0 aliphatic carbocycles. The fourth-order valence-corrected chi connectivity index (χ4v) is 2.17. The van der Waals surface area contributed by atoms with Crippen molar-refractivity contribution < 1.29 is 14.7 Å². The number of aromatic nitrogens is 1. The van der Waals surface area contributed by atoms with E-state index in [0.717, 1.165) is 17.7 Å². The van der Waals surface area contributed by atoms with Crippen molar-refractivity contribution in [2.45, 2.75) is 6.42 Å². The number of benzene rings is 1. The SMILES string of the molecule is O=C(/C(=N\O)c1ccc2c(c1)OCC2)c1ccccn1. The zero-order valence-corrected chi connectivity index (χ0v) is 10.6. The Balaban J connectivity index is 1.97. The second-order valence-electron chi connectivity index (χ2n) is 4.41. The molecular formula is C15H12N2O3. The molecule has 1 N–H and O–H groups in total. The van der Waals surface area contributed by atoms with Crippen LogP contribution in [0.15, 0.2) is 47.8 Å². The number of ether oxygens (including phenoxy) is 1. The zero-order valence-electron chi connectivity index (χ0n) is 10.6. The lowest BCUT2D eigenvalue weighted by molar-refractivity contribution is 0.105. The van der Waals surface area contributed by atoms with Crippen LogP contribution in [0.1, 0.15) is 21.6 Å². The normalized spacial score (nSPS) is 13.7. The predicted molar refractivity (Wildman–Crippen MR) is 72.5 cm³/mol. The highest BCUT2D eigenvalue weighted by Crippen LogP contribution is 2.26. The van der Waals surface area contributed by atoms with Gasteiger partial charge < -0.3 is 9.94 Å². The van der Waals surface area contributed by atoms with Crippen LogP contribution in [0.5, 0.6) is 5.75 Å². The van der Waals surface area contributed by atoms with Crippen molar-refractivity contribution >= 4 is 11.5 Å². The van der Waals surface area contributed by atoms with Crippen LogP contribution in [-0.4, -0.2) is 28.3 Å². The molecule has 5 nitrogen and oxygen atoms in total. The van der Waals surface area contributed by atoms with Gasteiger partial charge in [-0.3, -0.25) is 9.78 Å². The van der Waals surface area contributed by atoms with E-state index in [1.807, 2.05) is 6.07 Å². The summed E-state index contributed by atoms with van der Waals surface area (Å²) in [6, 6.07) is 10.4. The van der Waals surface area contributed by atoms with Gasteiger partial charge >= 0.3 is 0 Å². The summed E-state index contributed by atoms with van der Waals surface area (Å²) in [7, 11) is 0. The molecule has 0 atom stereocenters. The largest absolute Gasteiger partial charge is 0.493 e. The lowest BCUT2D eigenvalue weighted by atomic mass is 10.0. The smallest absolute Gasteiger partial charge is 0.233 e. The third-order valence-corrected chi connectivity index (χ3v) is 3.18.